The van der Waals surface area contributed by atoms with Crippen molar-refractivity contribution in [1.82, 2.24) is 4.72 Å². The molecule has 0 heterocycles. The molecule has 2 aromatic carbocycles. The Kier molecular flexibility index (Phi) is 6.88. The molecule has 0 spiro atoms. The van der Waals surface area contributed by atoms with Gasteiger partial charge in [0.05, 0.1) is 19.1 Å². The summed E-state index contributed by atoms with van der Waals surface area (Å²) in [5.74, 6) is -1.15. The fraction of sp³-hybridized carbons (Fsp3) is 0.222. The highest BCUT2D eigenvalue weighted by Gasteiger charge is 2.24. The van der Waals surface area contributed by atoms with Gasteiger partial charge in [-0.25, -0.2) is 13.1 Å². The number of ether oxygens (including phenoxy) is 1. The van der Waals surface area contributed by atoms with Gasteiger partial charge in [0.25, 0.3) is 0 Å². The van der Waals surface area contributed by atoms with Gasteiger partial charge >= 0.3 is 5.97 Å². The first-order valence-corrected chi connectivity index (χ1v) is 9.36. The van der Waals surface area contributed by atoms with Crippen molar-refractivity contribution in [2.24, 2.45) is 0 Å². The van der Waals surface area contributed by atoms with Crippen LogP contribution in [-0.2, 0) is 26.0 Å². The summed E-state index contributed by atoms with van der Waals surface area (Å²) in [6.45, 7) is 0.267. The van der Waals surface area contributed by atoms with Crippen molar-refractivity contribution in [3.63, 3.8) is 0 Å². The van der Waals surface area contributed by atoms with E-state index in [4.69, 9.17) is 9.84 Å². The van der Waals surface area contributed by atoms with E-state index in [-0.39, 0.29) is 23.5 Å². The van der Waals surface area contributed by atoms with Crippen molar-refractivity contribution in [2.45, 2.75) is 23.8 Å². The highest BCUT2D eigenvalue weighted by atomic mass is 32.2. The van der Waals surface area contributed by atoms with Crippen LogP contribution in [-0.4, -0.2) is 38.4 Å². The zero-order valence-electron chi connectivity index (χ0n) is 13.9. The molecule has 2 aromatic rings. The van der Waals surface area contributed by atoms with E-state index in [1.807, 2.05) is 30.3 Å². The number of sulfonamides is 1. The zero-order chi connectivity index (χ0) is 19.0. The molecule has 26 heavy (non-hydrogen) atoms. The lowest BCUT2D eigenvalue weighted by atomic mass is 10.2. The van der Waals surface area contributed by atoms with Crippen LogP contribution in [0.1, 0.15) is 12.0 Å². The first kappa shape index (κ1) is 19.6. The molecule has 1 unspecified atom stereocenters. The van der Waals surface area contributed by atoms with Crippen LogP contribution in [0.3, 0.4) is 0 Å². The van der Waals surface area contributed by atoms with Crippen molar-refractivity contribution in [3.05, 3.63) is 60.2 Å². The average Bonchev–Trinajstić information content (AvgIpc) is 2.62. The molecular weight excluding hydrogens is 358 g/mol. The molecule has 0 fully saturated rings. The Morgan fingerprint density at radius 3 is 2.42 bits per heavy atom. The minimum absolute atomic E-state index is 0.135. The maximum Gasteiger partial charge on any atom is 0.305 e. The van der Waals surface area contributed by atoms with Gasteiger partial charge in [-0.05, 0) is 17.7 Å². The molecule has 1 atom stereocenters. The fourth-order valence-electron chi connectivity index (χ4n) is 2.28. The minimum Gasteiger partial charge on any atom is -0.492 e. The smallest absolute Gasteiger partial charge is 0.305 e. The predicted octanol–water partition coefficient (Wildman–Crippen LogP) is 1.63. The monoisotopic (exact) mass is 377 g/mol. The molecule has 0 saturated heterocycles. The number of rotatable bonds is 10. The topological polar surface area (TPSA) is 110 Å². The van der Waals surface area contributed by atoms with Gasteiger partial charge in [-0.15, -0.1) is 0 Å². The third kappa shape index (κ3) is 5.68. The van der Waals surface area contributed by atoms with Crippen LogP contribution >= 0.6 is 0 Å². The number of nitrogens with one attached hydrogen (secondary N) is 1. The molecule has 0 bridgehead atoms. The number of benzene rings is 2. The SMILES string of the molecule is O=CC(CC(=O)O)NS(=O)(=O)c1ccccc1OCCc1ccccc1. The highest BCUT2D eigenvalue weighted by molar-refractivity contribution is 7.89. The van der Waals surface area contributed by atoms with E-state index < -0.39 is 28.5 Å². The van der Waals surface area contributed by atoms with Crippen molar-refractivity contribution in [3.8, 4) is 5.75 Å². The molecule has 0 aliphatic rings. The Balaban J connectivity index is 2.11. The largest absolute Gasteiger partial charge is 0.492 e. The zero-order valence-corrected chi connectivity index (χ0v) is 14.7. The van der Waals surface area contributed by atoms with E-state index in [0.717, 1.165) is 5.56 Å². The van der Waals surface area contributed by atoms with E-state index >= 15 is 0 Å². The van der Waals surface area contributed by atoms with Crippen LogP contribution in [0.25, 0.3) is 0 Å². The molecule has 8 heteroatoms. The van der Waals surface area contributed by atoms with Gasteiger partial charge in [0.1, 0.15) is 16.9 Å². The molecule has 0 aliphatic heterocycles. The predicted molar refractivity (Wildman–Crippen MR) is 94.5 cm³/mol. The van der Waals surface area contributed by atoms with Crippen LogP contribution in [0.2, 0.25) is 0 Å². The van der Waals surface area contributed by atoms with E-state index in [9.17, 15) is 18.0 Å². The molecule has 0 aromatic heterocycles. The second kappa shape index (κ2) is 9.12. The summed E-state index contributed by atoms with van der Waals surface area (Å²) in [4.78, 5) is 21.5. The lowest BCUT2D eigenvalue weighted by Gasteiger charge is -2.15. The Labute approximate surface area is 151 Å². The van der Waals surface area contributed by atoms with E-state index in [1.54, 1.807) is 6.07 Å². The van der Waals surface area contributed by atoms with Crippen molar-refractivity contribution >= 4 is 22.3 Å². The van der Waals surface area contributed by atoms with Crippen molar-refractivity contribution in [2.75, 3.05) is 6.61 Å². The maximum atomic E-state index is 12.5. The molecule has 138 valence electrons. The van der Waals surface area contributed by atoms with Gasteiger partial charge in [-0.1, -0.05) is 42.5 Å². The molecular formula is C18H19NO6S. The fourth-order valence-corrected chi connectivity index (χ4v) is 3.60. The number of hydrogen-bond acceptors (Lipinski definition) is 5. The number of carbonyl (C=O) groups is 2. The lowest BCUT2D eigenvalue weighted by Crippen LogP contribution is -2.37. The number of carboxylic acid groups (broad SMARTS) is 1. The van der Waals surface area contributed by atoms with E-state index in [0.29, 0.717) is 6.42 Å². The minimum atomic E-state index is -4.11. The Morgan fingerprint density at radius 2 is 1.77 bits per heavy atom. The molecule has 0 saturated carbocycles. The molecule has 0 radical (unpaired) electrons. The van der Waals surface area contributed by atoms with Gasteiger partial charge in [0.2, 0.25) is 10.0 Å². The molecule has 0 amide bonds. The van der Waals surface area contributed by atoms with Gasteiger partial charge < -0.3 is 14.6 Å². The Hall–Kier alpha value is -2.71. The Bertz CT molecular complexity index is 851. The van der Waals surface area contributed by atoms with Crippen LogP contribution < -0.4 is 9.46 Å². The third-order valence-corrected chi connectivity index (χ3v) is 5.02. The summed E-state index contributed by atoms with van der Waals surface area (Å²) >= 11 is 0. The number of hydrogen-bond donors (Lipinski definition) is 2. The van der Waals surface area contributed by atoms with Crippen LogP contribution in [0.15, 0.2) is 59.5 Å². The summed E-state index contributed by atoms with van der Waals surface area (Å²) in [7, 11) is -4.11. The van der Waals surface area contributed by atoms with E-state index in [2.05, 4.69) is 4.72 Å². The number of carbonyl (C=O) groups excluding carboxylic acids is 1. The number of carboxylic acids is 1. The summed E-state index contributed by atoms with van der Waals surface area (Å²) in [6.07, 6.45) is 0.211. The summed E-state index contributed by atoms with van der Waals surface area (Å²) in [6, 6.07) is 14.2. The molecule has 0 aliphatic carbocycles. The summed E-state index contributed by atoms with van der Waals surface area (Å²) in [5, 5.41) is 8.74. The molecule has 2 N–H and O–H groups in total. The summed E-state index contributed by atoms with van der Waals surface area (Å²) in [5.41, 5.74) is 1.05. The quantitative estimate of drug-likeness (QED) is 0.609. The standard InChI is InChI=1S/C18H19NO6S/c20-13-15(12-18(21)22)19-26(23,24)17-9-5-4-8-16(17)25-11-10-14-6-2-1-3-7-14/h1-9,13,15,19H,10-12H2,(H,21,22). The van der Waals surface area contributed by atoms with Crippen LogP contribution in [0, 0.1) is 0 Å². The first-order chi connectivity index (χ1) is 12.4. The average molecular weight is 377 g/mol. The highest BCUT2D eigenvalue weighted by Crippen LogP contribution is 2.23. The second-order valence-corrected chi connectivity index (χ2v) is 7.17. The maximum absolute atomic E-state index is 12.5. The molecule has 2 rings (SSSR count). The van der Waals surface area contributed by atoms with Crippen LogP contribution in [0.5, 0.6) is 5.75 Å². The second-order valence-electron chi connectivity index (χ2n) is 5.49. The van der Waals surface area contributed by atoms with Crippen molar-refractivity contribution in [1.29, 1.82) is 0 Å². The van der Waals surface area contributed by atoms with Gasteiger partial charge in [0.15, 0.2) is 0 Å². The lowest BCUT2D eigenvalue weighted by molar-refractivity contribution is -0.138. The van der Waals surface area contributed by atoms with E-state index in [1.165, 1.54) is 18.2 Å². The van der Waals surface area contributed by atoms with Gasteiger partial charge in [-0.2, -0.15) is 0 Å². The van der Waals surface area contributed by atoms with Crippen molar-refractivity contribution < 1.29 is 27.9 Å². The number of aliphatic carboxylic acids is 1. The Morgan fingerprint density at radius 1 is 1.12 bits per heavy atom. The van der Waals surface area contributed by atoms with Gasteiger partial charge in [0, 0.05) is 6.42 Å². The molecule has 7 nitrogen and oxygen atoms in total. The number of aldehydes is 1. The first-order valence-electron chi connectivity index (χ1n) is 7.87. The number of para-hydroxylation sites is 1. The van der Waals surface area contributed by atoms with Gasteiger partial charge in [-0.3, -0.25) is 4.79 Å². The van der Waals surface area contributed by atoms with Crippen LogP contribution in [0.4, 0.5) is 0 Å². The summed E-state index contributed by atoms with van der Waals surface area (Å²) < 4.78 is 32.7. The normalized spacial score (nSPS) is 12.3. The third-order valence-electron chi connectivity index (χ3n) is 3.50.